The van der Waals surface area contributed by atoms with E-state index >= 15 is 0 Å². The molecule has 0 radical (unpaired) electrons. The highest BCUT2D eigenvalue weighted by molar-refractivity contribution is 7.97. The second-order valence-corrected chi connectivity index (χ2v) is 1.96. The van der Waals surface area contributed by atoms with Crippen LogP contribution >= 0.6 is 24.0 Å². The van der Waals surface area contributed by atoms with Crippen molar-refractivity contribution in [3.8, 4) is 0 Å². The van der Waals surface area contributed by atoms with E-state index in [0.29, 0.717) is 0 Å². The van der Waals surface area contributed by atoms with Crippen LogP contribution in [0, 0.1) is 0 Å². The average molecular weight is 153 g/mol. The second kappa shape index (κ2) is 5.11. The summed E-state index contributed by atoms with van der Waals surface area (Å²) < 4.78 is 6.81. The molecular weight excluding hydrogens is 146 g/mol. The minimum atomic E-state index is -0.412. The minimum Gasteiger partial charge on any atom is -0.375 e. The quantitative estimate of drug-likeness (QED) is 0.479. The molecule has 0 aromatic rings. The summed E-state index contributed by atoms with van der Waals surface area (Å²) in [5.41, 5.74) is 0. The van der Waals surface area contributed by atoms with Gasteiger partial charge < -0.3 is 4.18 Å². The van der Waals surface area contributed by atoms with Gasteiger partial charge in [0, 0.05) is 12.5 Å². The van der Waals surface area contributed by atoms with E-state index in [0.717, 1.165) is 12.0 Å². The van der Waals surface area contributed by atoms with Crippen molar-refractivity contribution in [1.82, 2.24) is 4.72 Å². The zero-order valence-electron chi connectivity index (χ0n) is 4.63. The van der Waals surface area contributed by atoms with Gasteiger partial charge in [0.05, 0.1) is 12.0 Å². The Bertz CT molecular complexity index is 69.7. The Morgan fingerprint density at radius 3 is 2.62 bits per heavy atom. The van der Waals surface area contributed by atoms with Gasteiger partial charge in [-0.2, -0.15) is 0 Å². The van der Waals surface area contributed by atoms with Gasteiger partial charge in [-0.25, -0.2) is 4.79 Å². The predicted molar refractivity (Wildman–Crippen MR) is 36.6 cm³/mol. The predicted octanol–water partition coefficient (Wildman–Crippen LogP) is 1.27. The fourth-order valence-corrected chi connectivity index (χ4v) is 0.630. The van der Waals surface area contributed by atoms with Crippen LogP contribution in [0.1, 0.15) is 0 Å². The second-order valence-electron chi connectivity index (χ2n) is 0.844. The molecule has 5 heteroatoms. The van der Waals surface area contributed by atoms with Crippen molar-refractivity contribution < 1.29 is 8.98 Å². The molecule has 0 aliphatic carbocycles. The summed E-state index contributed by atoms with van der Waals surface area (Å²) in [6.07, 6.45) is 3.02. The molecule has 0 unspecified atom stereocenters. The van der Waals surface area contributed by atoms with Gasteiger partial charge in [-0.3, -0.25) is 4.72 Å². The van der Waals surface area contributed by atoms with Gasteiger partial charge in [0.2, 0.25) is 0 Å². The number of amides is 1. The normalized spacial score (nSPS) is 8.25. The zero-order valence-corrected chi connectivity index (χ0v) is 6.27. The molecule has 0 aliphatic rings. The van der Waals surface area contributed by atoms with Crippen molar-refractivity contribution in [3.63, 3.8) is 0 Å². The summed E-state index contributed by atoms with van der Waals surface area (Å²) >= 11 is 2.24. The maximum atomic E-state index is 10.3. The molecule has 0 heterocycles. The fourth-order valence-electron chi connectivity index (χ4n) is 0.176. The van der Waals surface area contributed by atoms with Crippen molar-refractivity contribution >= 4 is 30.1 Å². The van der Waals surface area contributed by atoms with Gasteiger partial charge in [0.1, 0.15) is 0 Å². The van der Waals surface area contributed by atoms with E-state index in [1.165, 1.54) is 11.9 Å². The first kappa shape index (κ1) is 7.97. The molecule has 0 aliphatic heterocycles. The van der Waals surface area contributed by atoms with Crippen LogP contribution in [-0.2, 0) is 4.18 Å². The Balaban J connectivity index is 3.06. The van der Waals surface area contributed by atoms with Crippen LogP contribution in [0.4, 0.5) is 4.79 Å². The van der Waals surface area contributed by atoms with Crippen molar-refractivity contribution in [1.29, 1.82) is 0 Å². The van der Waals surface area contributed by atoms with Gasteiger partial charge in [0.25, 0.3) is 0 Å². The number of hydrogen-bond donors (Lipinski definition) is 1. The number of carbonyl (C=O) groups excluding carboxylic acids is 1. The van der Waals surface area contributed by atoms with E-state index in [9.17, 15) is 4.79 Å². The van der Waals surface area contributed by atoms with Gasteiger partial charge >= 0.3 is 6.09 Å². The Kier molecular flexibility index (Phi) is 5.09. The van der Waals surface area contributed by atoms with Gasteiger partial charge in [-0.05, 0) is 0 Å². The lowest BCUT2D eigenvalue weighted by Crippen LogP contribution is -2.12. The van der Waals surface area contributed by atoms with Gasteiger partial charge in [-0.1, -0.05) is 11.9 Å². The molecule has 0 bridgehead atoms. The fraction of sp³-hybridized carbons (Fsp3) is 0.667. The Morgan fingerprint density at radius 1 is 1.62 bits per heavy atom. The highest BCUT2D eigenvalue weighted by Crippen LogP contribution is 1.96. The first-order valence-corrected chi connectivity index (χ1v) is 4.22. The van der Waals surface area contributed by atoms with Crippen LogP contribution in [0.2, 0.25) is 0 Å². The molecule has 3 nitrogen and oxygen atoms in total. The van der Waals surface area contributed by atoms with Crippen LogP contribution in [0.15, 0.2) is 0 Å². The number of nitrogens with one attached hydrogen (secondary N) is 1. The lowest BCUT2D eigenvalue weighted by molar-refractivity contribution is 0.215. The summed E-state index contributed by atoms with van der Waals surface area (Å²) in [5.74, 6) is 0. The minimum absolute atomic E-state index is 0.412. The van der Waals surface area contributed by atoms with Crippen LogP contribution in [0.25, 0.3) is 0 Å². The summed E-state index contributed by atoms with van der Waals surface area (Å²) in [6.45, 7) is 0. The van der Waals surface area contributed by atoms with E-state index in [1.54, 1.807) is 12.5 Å². The van der Waals surface area contributed by atoms with Crippen LogP contribution in [0.5, 0.6) is 0 Å². The molecule has 48 valence electrons. The molecule has 0 aromatic carbocycles. The third kappa shape index (κ3) is 4.14. The van der Waals surface area contributed by atoms with Crippen molar-refractivity contribution in [2.45, 2.75) is 0 Å². The molecule has 0 rings (SSSR count). The molecule has 1 N–H and O–H groups in total. The summed E-state index contributed by atoms with van der Waals surface area (Å²) in [5, 5.41) is 0. The first-order chi connectivity index (χ1) is 3.81. The number of carbonyl (C=O) groups is 1. The summed E-state index contributed by atoms with van der Waals surface area (Å²) in [4.78, 5) is 10.3. The largest absolute Gasteiger partial charge is 0.429 e. The lowest BCUT2D eigenvalue weighted by atomic mass is 11.3. The molecule has 0 saturated heterocycles. The van der Waals surface area contributed by atoms with E-state index in [4.69, 9.17) is 0 Å². The molecule has 0 atom stereocenters. The highest BCUT2D eigenvalue weighted by Gasteiger charge is 1.95. The number of rotatable bonds is 2. The van der Waals surface area contributed by atoms with Crippen molar-refractivity contribution in [2.24, 2.45) is 0 Å². The van der Waals surface area contributed by atoms with E-state index in [2.05, 4.69) is 8.91 Å². The lowest BCUT2D eigenvalue weighted by Gasteiger charge is -1.96. The first-order valence-electron chi connectivity index (χ1n) is 1.85. The third-order valence-corrected chi connectivity index (χ3v) is 1.03. The third-order valence-electron chi connectivity index (χ3n) is 0.344. The SMILES string of the molecule is CSNC(=O)OSC. The molecule has 0 aromatic heterocycles. The maximum absolute atomic E-state index is 10.3. The van der Waals surface area contributed by atoms with Gasteiger partial charge in [-0.15, -0.1) is 0 Å². The molecule has 0 spiro atoms. The smallest absolute Gasteiger partial charge is 0.375 e. The van der Waals surface area contributed by atoms with E-state index < -0.39 is 6.09 Å². The standard InChI is InChI=1S/C3H7NO2S2/c1-7-4-3(5)6-8-2/h1-2H3,(H,4,5). The maximum Gasteiger partial charge on any atom is 0.429 e. The van der Waals surface area contributed by atoms with Crippen LogP contribution in [-0.4, -0.2) is 18.6 Å². The Morgan fingerprint density at radius 2 is 2.25 bits per heavy atom. The topological polar surface area (TPSA) is 38.3 Å². The summed E-state index contributed by atoms with van der Waals surface area (Å²) in [7, 11) is 0. The molecular formula is C3H7NO2S2. The van der Waals surface area contributed by atoms with Crippen LogP contribution in [0.3, 0.4) is 0 Å². The number of hydrogen-bond acceptors (Lipinski definition) is 4. The Hall–Kier alpha value is -0.0300. The van der Waals surface area contributed by atoms with E-state index in [-0.39, 0.29) is 0 Å². The van der Waals surface area contributed by atoms with E-state index in [1.807, 2.05) is 0 Å². The molecule has 8 heavy (non-hydrogen) atoms. The molecule has 1 amide bonds. The molecule has 0 saturated carbocycles. The van der Waals surface area contributed by atoms with Gasteiger partial charge in [0.15, 0.2) is 0 Å². The van der Waals surface area contributed by atoms with Crippen molar-refractivity contribution in [3.05, 3.63) is 0 Å². The van der Waals surface area contributed by atoms with Crippen molar-refractivity contribution in [2.75, 3.05) is 12.5 Å². The highest BCUT2D eigenvalue weighted by atomic mass is 32.2. The zero-order chi connectivity index (χ0) is 6.41. The summed E-state index contributed by atoms with van der Waals surface area (Å²) in [6, 6.07) is 0. The monoisotopic (exact) mass is 153 g/mol. The van der Waals surface area contributed by atoms with Crippen LogP contribution < -0.4 is 4.72 Å². The molecule has 0 fully saturated rings. The average Bonchev–Trinajstić information content (AvgIpc) is 1.68. The Labute approximate surface area is 56.9 Å².